The summed E-state index contributed by atoms with van der Waals surface area (Å²) in [6.45, 7) is 0.166. The summed E-state index contributed by atoms with van der Waals surface area (Å²) in [6.07, 6.45) is -0.107. The molecule has 1 aliphatic rings. The van der Waals surface area contributed by atoms with Crippen LogP contribution in [0.5, 0.6) is 0 Å². The van der Waals surface area contributed by atoms with Crippen LogP contribution in [0.3, 0.4) is 0 Å². The van der Waals surface area contributed by atoms with Crippen LogP contribution in [0.4, 0.5) is 4.39 Å². The first-order valence-corrected chi connectivity index (χ1v) is 9.69. The number of primary amides is 1. The van der Waals surface area contributed by atoms with Gasteiger partial charge in [0, 0.05) is 33.5 Å². The number of hydrogen-bond acceptors (Lipinski definition) is 4. The number of hydrogen-bond donors (Lipinski definition) is 2. The topological polar surface area (TPSA) is 104 Å². The minimum absolute atomic E-state index is 0.118. The average molecular weight is 425 g/mol. The summed E-state index contributed by atoms with van der Waals surface area (Å²) < 4.78 is 13.2. The Hall–Kier alpha value is -3.68. The SMILES string of the molecule is CN(Cc1ccc(F)cc1)C(=O)C1(Cc2ccccc2)CC(C(N)=O)=C(O)C(=O)N1C. The number of amides is 3. The number of benzene rings is 2. The predicted molar refractivity (Wildman–Crippen MR) is 112 cm³/mol. The van der Waals surface area contributed by atoms with E-state index in [-0.39, 0.29) is 30.8 Å². The van der Waals surface area contributed by atoms with Crippen LogP contribution in [0.2, 0.25) is 0 Å². The van der Waals surface area contributed by atoms with Gasteiger partial charge in [0.2, 0.25) is 11.8 Å². The number of nitrogens with two attached hydrogens (primary N) is 1. The highest BCUT2D eigenvalue weighted by Gasteiger charge is 2.52. The Bertz CT molecular complexity index is 1040. The van der Waals surface area contributed by atoms with Crippen LogP contribution in [-0.4, -0.2) is 52.3 Å². The summed E-state index contributed by atoms with van der Waals surface area (Å²) in [4.78, 5) is 41.0. The molecule has 7 nitrogen and oxygen atoms in total. The van der Waals surface area contributed by atoms with Gasteiger partial charge in [-0.15, -0.1) is 0 Å². The molecule has 1 aliphatic heterocycles. The molecule has 1 atom stereocenters. The van der Waals surface area contributed by atoms with E-state index < -0.39 is 29.0 Å². The van der Waals surface area contributed by atoms with Crippen LogP contribution in [-0.2, 0) is 27.3 Å². The van der Waals surface area contributed by atoms with Crippen LogP contribution < -0.4 is 5.73 Å². The van der Waals surface area contributed by atoms with Crippen molar-refractivity contribution in [3.8, 4) is 0 Å². The van der Waals surface area contributed by atoms with E-state index in [1.807, 2.05) is 30.3 Å². The fourth-order valence-electron chi connectivity index (χ4n) is 3.88. The van der Waals surface area contributed by atoms with Crippen molar-refractivity contribution < 1.29 is 23.9 Å². The summed E-state index contributed by atoms with van der Waals surface area (Å²) >= 11 is 0. The highest BCUT2D eigenvalue weighted by molar-refractivity contribution is 6.07. The maximum Gasteiger partial charge on any atom is 0.289 e. The summed E-state index contributed by atoms with van der Waals surface area (Å²) in [5, 5.41) is 10.2. The third-order valence-corrected chi connectivity index (χ3v) is 5.62. The third-order valence-electron chi connectivity index (χ3n) is 5.62. The zero-order chi connectivity index (χ0) is 22.8. The van der Waals surface area contributed by atoms with Gasteiger partial charge in [-0.05, 0) is 23.3 Å². The van der Waals surface area contributed by atoms with Gasteiger partial charge in [0.15, 0.2) is 5.76 Å². The Balaban J connectivity index is 2.03. The lowest BCUT2D eigenvalue weighted by Gasteiger charge is -2.45. The molecule has 0 fully saturated rings. The molecule has 3 amide bonds. The molecule has 1 heterocycles. The molecule has 0 saturated heterocycles. The van der Waals surface area contributed by atoms with Crippen molar-refractivity contribution in [1.29, 1.82) is 0 Å². The van der Waals surface area contributed by atoms with E-state index in [4.69, 9.17) is 5.73 Å². The number of rotatable bonds is 6. The molecular weight excluding hydrogens is 401 g/mol. The van der Waals surface area contributed by atoms with Crippen LogP contribution in [0.25, 0.3) is 0 Å². The van der Waals surface area contributed by atoms with E-state index >= 15 is 0 Å². The van der Waals surface area contributed by atoms with Crippen molar-refractivity contribution in [2.45, 2.75) is 24.9 Å². The second-order valence-corrected chi connectivity index (χ2v) is 7.71. The number of halogens is 1. The van der Waals surface area contributed by atoms with Crippen molar-refractivity contribution in [3.63, 3.8) is 0 Å². The number of carbonyl (C=O) groups excluding carboxylic acids is 3. The van der Waals surface area contributed by atoms with Gasteiger partial charge in [-0.2, -0.15) is 0 Å². The molecule has 0 bridgehead atoms. The lowest BCUT2D eigenvalue weighted by atomic mass is 9.78. The second-order valence-electron chi connectivity index (χ2n) is 7.71. The van der Waals surface area contributed by atoms with E-state index in [2.05, 4.69) is 0 Å². The molecule has 0 aromatic heterocycles. The molecular formula is C23H24FN3O4. The van der Waals surface area contributed by atoms with E-state index in [0.717, 1.165) is 5.56 Å². The van der Waals surface area contributed by atoms with Crippen molar-refractivity contribution in [3.05, 3.63) is 82.9 Å². The molecule has 3 rings (SSSR count). The zero-order valence-electron chi connectivity index (χ0n) is 17.3. The van der Waals surface area contributed by atoms with Crippen molar-refractivity contribution in [1.82, 2.24) is 9.80 Å². The number of aliphatic hydroxyl groups excluding tert-OH is 1. The lowest BCUT2D eigenvalue weighted by Crippen LogP contribution is -2.63. The lowest BCUT2D eigenvalue weighted by molar-refractivity contribution is -0.153. The van der Waals surface area contributed by atoms with Crippen LogP contribution in [0.15, 0.2) is 65.9 Å². The van der Waals surface area contributed by atoms with Gasteiger partial charge < -0.3 is 20.6 Å². The number of nitrogens with zero attached hydrogens (tertiary/aromatic N) is 2. The molecule has 3 N–H and O–H groups in total. The van der Waals surface area contributed by atoms with E-state index in [1.165, 1.54) is 29.0 Å². The predicted octanol–water partition coefficient (Wildman–Crippen LogP) is 1.93. The van der Waals surface area contributed by atoms with Gasteiger partial charge in [-0.25, -0.2) is 4.39 Å². The normalized spacial score (nSPS) is 18.8. The minimum atomic E-state index is -1.47. The highest BCUT2D eigenvalue weighted by atomic mass is 19.1. The van der Waals surface area contributed by atoms with Crippen LogP contribution >= 0.6 is 0 Å². The molecule has 162 valence electrons. The molecule has 0 radical (unpaired) electrons. The van der Waals surface area contributed by atoms with Crippen molar-refractivity contribution in [2.24, 2.45) is 5.73 Å². The summed E-state index contributed by atoms with van der Waals surface area (Å²) in [5.74, 6) is -3.36. The molecule has 2 aromatic rings. The average Bonchev–Trinajstić information content (AvgIpc) is 2.75. The van der Waals surface area contributed by atoms with E-state index in [0.29, 0.717) is 5.56 Å². The fraction of sp³-hybridized carbons (Fsp3) is 0.261. The first kappa shape index (κ1) is 22.0. The monoisotopic (exact) mass is 425 g/mol. The zero-order valence-corrected chi connectivity index (χ0v) is 17.3. The highest BCUT2D eigenvalue weighted by Crippen LogP contribution is 2.36. The Morgan fingerprint density at radius 2 is 1.74 bits per heavy atom. The maximum atomic E-state index is 13.7. The Labute approximate surface area is 179 Å². The first-order valence-electron chi connectivity index (χ1n) is 9.69. The Morgan fingerprint density at radius 1 is 1.13 bits per heavy atom. The molecule has 0 saturated carbocycles. The van der Waals surface area contributed by atoms with Gasteiger partial charge >= 0.3 is 0 Å². The van der Waals surface area contributed by atoms with Gasteiger partial charge in [-0.1, -0.05) is 42.5 Å². The van der Waals surface area contributed by atoms with Gasteiger partial charge in [-0.3, -0.25) is 14.4 Å². The smallest absolute Gasteiger partial charge is 0.289 e. The Kier molecular flexibility index (Phi) is 6.10. The molecule has 8 heteroatoms. The quantitative estimate of drug-likeness (QED) is 0.738. The number of likely N-dealkylation sites (N-methyl/N-ethyl adjacent to an activating group) is 2. The first-order chi connectivity index (χ1) is 14.7. The second kappa shape index (κ2) is 8.59. The minimum Gasteiger partial charge on any atom is -0.503 e. The van der Waals surface area contributed by atoms with Crippen molar-refractivity contribution in [2.75, 3.05) is 14.1 Å². The summed E-state index contributed by atoms with van der Waals surface area (Å²) in [7, 11) is 2.99. The molecule has 31 heavy (non-hydrogen) atoms. The number of aliphatic hydroxyl groups is 1. The maximum absolute atomic E-state index is 13.7. The largest absolute Gasteiger partial charge is 0.503 e. The molecule has 0 spiro atoms. The van der Waals surface area contributed by atoms with Gasteiger partial charge in [0.1, 0.15) is 11.4 Å². The van der Waals surface area contributed by atoms with Crippen molar-refractivity contribution >= 4 is 17.7 Å². The van der Waals surface area contributed by atoms with Gasteiger partial charge in [0.25, 0.3) is 5.91 Å². The summed E-state index contributed by atoms with van der Waals surface area (Å²) in [6, 6.07) is 14.8. The Morgan fingerprint density at radius 3 is 2.32 bits per heavy atom. The molecule has 0 aliphatic carbocycles. The number of carbonyl (C=O) groups is 3. The van der Waals surface area contributed by atoms with Crippen LogP contribution in [0, 0.1) is 5.82 Å². The third kappa shape index (κ3) is 4.28. The summed E-state index contributed by atoms with van der Waals surface area (Å²) in [5.41, 5.74) is 5.14. The van der Waals surface area contributed by atoms with Crippen LogP contribution in [0.1, 0.15) is 17.5 Å². The van der Waals surface area contributed by atoms with E-state index in [9.17, 15) is 23.9 Å². The molecule has 2 aromatic carbocycles. The van der Waals surface area contributed by atoms with E-state index in [1.54, 1.807) is 19.2 Å². The standard InChI is InChI=1S/C23H24FN3O4/c1-26(14-16-8-10-17(24)11-9-16)22(31)23(12-15-6-4-3-5-7-15)13-18(20(25)29)19(28)21(30)27(23)2/h3-11,28H,12-14H2,1-2H3,(H2,25,29). The van der Waals surface area contributed by atoms with Gasteiger partial charge in [0.05, 0.1) is 5.57 Å². The fourth-order valence-corrected chi connectivity index (χ4v) is 3.88. The molecule has 1 unspecified atom stereocenters.